The van der Waals surface area contributed by atoms with Crippen LogP contribution in [0, 0.1) is 5.92 Å². The molecule has 1 aromatic rings. The van der Waals surface area contributed by atoms with Crippen LogP contribution in [-0.4, -0.2) is 30.8 Å². The maximum atomic E-state index is 11.3. The Bertz CT molecular complexity index is 431. The van der Waals surface area contributed by atoms with E-state index in [1.165, 1.54) is 12.8 Å². The van der Waals surface area contributed by atoms with E-state index in [2.05, 4.69) is 19.2 Å². The van der Waals surface area contributed by atoms with Crippen LogP contribution in [0.5, 0.6) is 5.75 Å². The molecule has 0 bridgehead atoms. The number of carboxylic acid groups (broad SMARTS) is 1. The van der Waals surface area contributed by atoms with E-state index in [4.69, 9.17) is 4.74 Å². The molecule has 0 fully saturated rings. The summed E-state index contributed by atoms with van der Waals surface area (Å²) in [6, 6.07) is 7.81. The SMILES string of the molecule is CCCCNCCOc1ccc(CC(CCCC)C(=O)O)cc1. The van der Waals surface area contributed by atoms with Crippen molar-refractivity contribution in [3.8, 4) is 5.75 Å². The largest absolute Gasteiger partial charge is 0.492 e. The fourth-order valence-corrected chi connectivity index (χ4v) is 2.44. The number of benzene rings is 1. The minimum absolute atomic E-state index is 0.288. The topological polar surface area (TPSA) is 58.6 Å². The summed E-state index contributed by atoms with van der Waals surface area (Å²) in [6.07, 6.45) is 5.72. The zero-order valence-electron chi connectivity index (χ0n) is 14.5. The van der Waals surface area contributed by atoms with Crippen molar-refractivity contribution in [3.05, 3.63) is 29.8 Å². The van der Waals surface area contributed by atoms with Crippen LogP contribution >= 0.6 is 0 Å². The normalized spacial score (nSPS) is 12.1. The summed E-state index contributed by atoms with van der Waals surface area (Å²) in [4.78, 5) is 11.3. The Kier molecular flexibility index (Phi) is 10.1. The highest BCUT2D eigenvalue weighted by Crippen LogP contribution is 2.18. The summed E-state index contributed by atoms with van der Waals surface area (Å²) < 4.78 is 5.68. The van der Waals surface area contributed by atoms with Crippen LogP contribution in [0.3, 0.4) is 0 Å². The second-order valence-electron chi connectivity index (χ2n) is 5.98. The van der Waals surface area contributed by atoms with Crippen LogP contribution < -0.4 is 10.1 Å². The van der Waals surface area contributed by atoms with Gasteiger partial charge in [-0.3, -0.25) is 4.79 Å². The van der Waals surface area contributed by atoms with Crippen molar-refractivity contribution in [2.45, 2.75) is 52.4 Å². The first-order valence-corrected chi connectivity index (χ1v) is 8.82. The van der Waals surface area contributed by atoms with Gasteiger partial charge in [0, 0.05) is 6.54 Å². The first-order chi connectivity index (χ1) is 11.2. The molecule has 0 saturated heterocycles. The number of aliphatic carboxylic acids is 1. The molecule has 0 amide bonds. The summed E-state index contributed by atoms with van der Waals surface area (Å²) in [5.74, 6) is -0.145. The summed E-state index contributed by atoms with van der Waals surface area (Å²) >= 11 is 0. The number of hydrogen-bond donors (Lipinski definition) is 2. The molecule has 1 rings (SSSR count). The standard InChI is InChI=1S/C19H31NO3/c1-3-5-7-17(19(21)22)15-16-8-10-18(11-9-16)23-14-13-20-12-6-4-2/h8-11,17,20H,3-7,12-15H2,1-2H3,(H,21,22). The van der Waals surface area contributed by atoms with E-state index in [0.29, 0.717) is 13.0 Å². The van der Waals surface area contributed by atoms with Gasteiger partial charge in [0.25, 0.3) is 0 Å². The molecule has 0 heterocycles. The van der Waals surface area contributed by atoms with Crippen LogP contribution in [0.2, 0.25) is 0 Å². The van der Waals surface area contributed by atoms with Crippen molar-refractivity contribution in [2.24, 2.45) is 5.92 Å². The second-order valence-corrected chi connectivity index (χ2v) is 5.98. The van der Waals surface area contributed by atoms with Crippen LogP contribution in [-0.2, 0) is 11.2 Å². The number of unbranched alkanes of at least 4 members (excludes halogenated alkanes) is 2. The molecule has 0 aliphatic heterocycles. The Morgan fingerprint density at radius 2 is 1.83 bits per heavy atom. The van der Waals surface area contributed by atoms with Crippen LogP contribution in [0.25, 0.3) is 0 Å². The van der Waals surface area contributed by atoms with Gasteiger partial charge in [-0.1, -0.05) is 45.2 Å². The van der Waals surface area contributed by atoms with Crippen LogP contribution in [0.15, 0.2) is 24.3 Å². The molecule has 1 atom stereocenters. The molecule has 0 aliphatic carbocycles. The molecule has 0 spiro atoms. The quantitative estimate of drug-likeness (QED) is 0.541. The minimum Gasteiger partial charge on any atom is -0.492 e. The number of carboxylic acids is 1. The molecule has 23 heavy (non-hydrogen) atoms. The van der Waals surface area contributed by atoms with E-state index in [0.717, 1.165) is 43.7 Å². The summed E-state index contributed by atoms with van der Waals surface area (Å²) in [5, 5.41) is 12.6. The molecule has 4 nitrogen and oxygen atoms in total. The van der Waals surface area contributed by atoms with E-state index in [-0.39, 0.29) is 5.92 Å². The lowest BCUT2D eigenvalue weighted by atomic mass is 9.94. The smallest absolute Gasteiger partial charge is 0.306 e. The van der Waals surface area contributed by atoms with Crippen molar-refractivity contribution in [3.63, 3.8) is 0 Å². The van der Waals surface area contributed by atoms with Crippen molar-refractivity contribution >= 4 is 5.97 Å². The molecule has 2 N–H and O–H groups in total. The monoisotopic (exact) mass is 321 g/mol. The summed E-state index contributed by atoms with van der Waals surface area (Å²) in [5.41, 5.74) is 1.06. The highest BCUT2D eigenvalue weighted by molar-refractivity contribution is 5.70. The van der Waals surface area contributed by atoms with E-state index in [1.807, 2.05) is 24.3 Å². The maximum Gasteiger partial charge on any atom is 0.306 e. The Morgan fingerprint density at radius 3 is 2.43 bits per heavy atom. The zero-order chi connectivity index (χ0) is 16.9. The van der Waals surface area contributed by atoms with Crippen molar-refractivity contribution in [1.29, 1.82) is 0 Å². The van der Waals surface area contributed by atoms with Gasteiger partial charge in [-0.25, -0.2) is 0 Å². The van der Waals surface area contributed by atoms with Gasteiger partial charge in [-0.2, -0.15) is 0 Å². The Hall–Kier alpha value is -1.55. The lowest BCUT2D eigenvalue weighted by Crippen LogP contribution is -2.21. The number of hydrogen-bond acceptors (Lipinski definition) is 3. The number of nitrogens with one attached hydrogen (secondary N) is 1. The van der Waals surface area contributed by atoms with E-state index in [1.54, 1.807) is 0 Å². The lowest BCUT2D eigenvalue weighted by Gasteiger charge is -2.12. The van der Waals surface area contributed by atoms with Crippen molar-refractivity contribution < 1.29 is 14.6 Å². The van der Waals surface area contributed by atoms with E-state index < -0.39 is 5.97 Å². The predicted octanol–water partition coefficient (Wildman–Crippen LogP) is 3.89. The van der Waals surface area contributed by atoms with Gasteiger partial charge >= 0.3 is 5.97 Å². The van der Waals surface area contributed by atoms with Gasteiger partial charge in [-0.05, 0) is 43.5 Å². The highest BCUT2D eigenvalue weighted by atomic mass is 16.5. The van der Waals surface area contributed by atoms with Crippen molar-refractivity contribution in [1.82, 2.24) is 5.32 Å². The van der Waals surface area contributed by atoms with Gasteiger partial charge in [-0.15, -0.1) is 0 Å². The third-order valence-corrected chi connectivity index (χ3v) is 3.92. The molecule has 1 unspecified atom stereocenters. The number of rotatable bonds is 13. The molecule has 4 heteroatoms. The predicted molar refractivity (Wildman–Crippen MR) is 94.1 cm³/mol. The third-order valence-electron chi connectivity index (χ3n) is 3.92. The molecule has 0 saturated carbocycles. The molecular weight excluding hydrogens is 290 g/mol. The van der Waals surface area contributed by atoms with E-state index in [9.17, 15) is 9.90 Å². The van der Waals surface area contributed by atoms with Gasteiger partial charge in [0.2, 0.25) is 0 Å². The zero-order valence-corrected chi connectivity index (χ0v) is 14.5. The number of ether oxygens (including phenoxy) is 1. The highest BCUT2D eigenvalue weighted by Gasteiger charge is 2.17. The van der Waals surface area contributed by atoms with Crippen LogP contribution in [0.1, 0.15) is 51.5 Å². The molecule has 1 aromatic carbocycles. The third kappa shape index (κ3) is 8.60. The summed E-state index contributed by atoms with van der Waals surface area (Å²) in [7, 11) is 0. The van der Waals surface area contributed by atoms with Gasteiger partial charge in [0.05, 0.1) is 5.92 Å². The fourth-order valence-electron chi connectivity index (χ4n) is 2.44. The average Bonchev–Trinajstić information content (AvgIpc) is 2.55. The number of carbonyl (C=O) groups is 1. The summed E-state index contributed by atoms with van der Waals surface area (Å²) in [6.45, 7) is 6.80. The Morgan fingerprint density at radius 1 is 1.13 bits per heavy atom. The van der Waals surface area contributed by atoms with Gasteiger partial charge in [0.1, 0.15) is 12.4 Å². The molecule has 0 radical (unpaired) electrons. The Balaban J connectivity index is 2.35. The van der Waals surface area contributed by atoms with Crippen LogP contribution in [0.4, 0.5) is 0 Å². The lowest BCUT2D eigenvalue weighted by molar-refractivity contribution is -0.141. The first-order valence-electron chi connectivity index (χ1n) is 8.82. The molecule has 130 valence electrons. The maximum absolute atomic E-state index is 11.3. The molecule has 0 aliphatic rings. The fraction of sp³-hybridized carbons (Fsp3) is 0.632. The van der Waals surface area contributed by atoms with E-state index >= 15 is 0 Å². The van der Waals surface area contributed by atoms with Gasteiger partial charge in [0.15, 0.2) is 0 Å². The first kappa shape index (κ1) is 19.5. The molecule has 0 aromatic heterocycles. The molecular formula is C19H31NO3. The van der Waals surface area contributed by atoms with Gasteiger partial charge < -0.3 is 15.2 Å². The average molecular weight is 321 g/mol. The second kappa shape index (κ2) is 11.9. The van der Waals surface area contributed by atoms with Crippen molar-refractivity contribution in [2.75, 3.05) is 19.7 Å². The minimum atomic E-state index is -0.697. The Labute approximate surface area is 140 Å².